The first-order valence-electron chi connectivity index (χ1n) is 6.62. The molecule has 0 spiro atoms. The standard InChI is InChI=1S/C16H14ClF3O3/c1-15(22,9-21)13-7-6-12(8-14(13)16(18,19)20)23-11-4-2-10(17)3-5-11/h2-8,21-22H,9H2,1H3. The van der Waals surface area contributed by atoms with Crippen LogP contribution in [0.4, 0.5) is 13.2 Å². The van der Waals surface area contributed by atoms with Crippen molar-refractivity contribution in [1.29, 1.82) is 0 Å². The highest BCUT2D eigenvalue weighted by atomic mass is 35.5. The van der Waals surface area contributed by atoms with Gasteiger partial charge in [0.25, 0.3) is 0 Å². The van der Waals surface area contributed by atoms with Crippen LogP contribution in [0, 0.1) is 0 Å². The number of halogens is 4. The molecule has 2 aromatic carbocycles. The van der Waals surface area contributed by atoms with Gasteiger partial charge in [0, 0.05) is 5.02 Å². The first-order chi connectivity index (χ1) is 10.6. The fourth-order valence-corrected chi connectivity index (χ4v) is 2.14. The maximum Gasteiger partial charge on any atom is 0.416 e. The third-order valence-corrected chi connectivity index (χ3v) is 3.49. The largest absolute Gasteiger partial charge is 0.457 e. The van der Waals surface area contributed by atoms with Crippen LogP contribution < -0.4 is 4.74 Å². The van der Waals surface area contributed by atoms with Crippen LogP contribution in [-0.4, -0.2) is 16.8 Å². The Morgan fingerprint density at radius 3 is 2.09 bits per heavy atom. The molecule has 2 aromatic rings. The number of hydrogen-bond donors (Lipinski definition) is 2. The predicted octanol–water partition coefficient (Wildman–Crippen LogP) is 4.35. The van der Waals surface area contributed by atoms with Crippen LogP contribution in [0.3, 0.4) is 0 Å². The molecule has 3 nitrogen and oxygen atoms in total. The van der Waals surface area contributed by atoms with Crippen LogP contribution in [-0.2, 0) is 11.8 Å². The van der Waals surface area contributed by atoms with Crippen molar-refractivity contribution in [3.63, 3.8) is 0 Å². The van der Waals surface area contributed by atoms with Crippen molar-refractivity contribution in [2.75, 3.05) is 6.61 Å². The fraction of sp³-hybridized carbons (Fsp3) is 0.250. The Kier molecular flexibility index (Phi) is 4.89. The summed E-state index contributed by atoms with van der Waals surface area (Å²) in [5.74, 6) is 0.279. The first kappa shape index (κ1) is 17.6. The molecule has 0 aliphatic rings. The average molecular weight is 347 g/mol. The van der Waals surface area contributed by atoms with Gasteiger partial charge in [-0.2, -0.15) is 13.2 Å². The Balaban J connectivity index is 2.42. The highest BCUT2D eigenvalue weighted by Crippen LogP contribution is 2.39. The van der Waals surface area contributed by atoms with E-state index in [4.69, 9.17) is 21.4 Å². The number of aliphatic hydroxyl groups excluding tert-OH is 1. The lowest BCUT2D eigenvalue weighted by atomic mass is 9.91. The Hall–Kier alpha value is -1.76. The van der Waals surface area contributed by atoms with E-state index in [2.05, 4.69) is 0 Å². The quantitative estimate of drug-likeness (QED) is 0.865. The molecule has 0 radical (unpaired) electrons. The van der Waals surface area contributed by atoms with Crippen LogP contribution in [0.1, 0.15) is 18.1 Å². The van der Waals surface area contributed by atoms with Crippen LogP contribution in [0.15, 0.2) is 42.5 Å². The summed E-state index contributed by atoms with van der Waals surface area (Å²) < 4.78 is 45.0. The number of hydrogen-bond acceptors (Lipinski definition) is 3. The van der Waals surface area contributed by atoms with Crippen molar-refractivity contribution in [2.45, 2.75) is 18.7 Å². The zero-order chi connectivity index (χ0) is 17.3. The van der Waals surface area contributed by atoms with Gasteiger partial charge in [0.15, 0.2) is 0 Å². The van der Waals surface area contributed by atoms with Gasteiger partial charge in [0.1, 0.15) is 17.1 Å². The summed E-state index contributed by atoms with van der Waals surface area (Å²) in [6.45, 7) is 0.269. The molecule has 7 heteroatoms. The average Bonchev–Trinajstić information content (AvgIpc) is 2.48. The Labute approximate surface area is 135 Å². The molecule has 23 heavy (non-hydrogen) atoms. The molecule has 124 valence electrons. The van der Waals surface area contributed by atoms with Gasteiger partial charge >= 0.3 is 6.18 Å². The molecule has 2 N–H and O–H groups in total. The molecule has 0 aromatic heterocycles. The molecule has 0 aliphatic carbocycles. The summed E-state index contributed by atoms with van der Waals surface area (Å²) in [5, 5.41) is 19.5. The molecule has 0 saturated carbocycles. The van der Waals surface area contributed by atoms with E-state index in [1.54, 1.807) is 12.1 Å². The van der Waals surface area contributed by atoms with Gasteiger partial charge in [-0.25, -0.2) is 0 Å². The number of benzene rings is 2. The SMILES string of the molecule is CC(O)(CO)c1ccc(Oc2ccc(Cl)cc2)cc1C(F)(F)F. The second kappa shape index (κ2) is 6.39. The lowest BCUT2D eigenvalue weighted by Gasteiger charge is -2.25. The highest BCUT2D eigenvalue weighted by Gasteiger charge is 2.39. The zero-order valence-electron chi connectivity index (χ0n) is 12.1. The monoisotopic (exact) mass is 346 g/mol. The summed E-state index contributed by atoms with van der Waals surface area (Å²) in [5.41, 5.74) is -3.50. The van der Waals surface area contributed by atoms with Crippen LogP contribution in [0.25, 0.3) is 0 Å². The molecule has 0 saturated heterocycles. The summed E-state index contributed by atoms with van der Waals surface area (Å²) >= 11 is 5.73. The van der Waals surface area contributed by atoms with Crippen LogP contribution in [0.5, 0.6) is 11.5 Å². The van der Waals surface area contributed by atoms with E-state index in [1.807, 2.05) is 0 Å². The second-order valence-electron chi connectivity index (χ2n) is 5.19. The fourth-order valence-electron chi connectivity index (χ4n) is 2.01. The Morgan fingerprint density at radius 1 is 1.00 bits per heavy atom. The minimum atomic E-state index is -4.70. The van der Waals surface area contributed by atoms with E-state index in [-0.39, 0.29) is 5.75 Å². The molecule has 0 bridgehead atoms. The maximum absolute atomic E-state index is 13.2. The molecule has 0 fully saturated rings. The lowest BCUT2D eigenvalue weighted by Crippen LogP contribution is -2.29. The second-order valence-corrected chi connectivity index (χ2v) is 5.63. The van der Waals surface area contributed by atoms with Crippen molar-refractivity contribution in [2.24, 2.45) is 0 Å². The zero-order valence-corrected chi connectivity index (χ0v) is 12.8. The van der Waals surface area contributed by atoms with Gasteiger partial charge in [-0.05, 0) is 48.9 Å². The van der Waals surface area contributed by atoms with E-state index in [9.17, 15) is 18.3 Å². The van der Waals surface area contributed by atoms with Gasteiger partial charge in [0.2, 0.25) is 0 Å². The molecule has 0 amide bonds. The van der Waals surface area contributed by atoms with Crippen LogP contribution in [0.2, 0.25) is 5.02 Å². The lowest BCUT2D eigenvalue weighted by molar-refractivity contribution is -0.141. The minimum absolute atomic E-state index is 0.0443. The molecular formula is C16H14ClF3O3. The summed E-state index contributed by atoms with van der Waals surface area (Å²) in [6.07, 6.45) is -4.70. The Morgan fingerprint density at radius 2 is 1.57 bits per heavy atom. The van der Waals surface area contributed by atoms with Gasteiger partial charge in [-0.1, -0.05) is 17.7 Å². The topological polar surface area (TPSA) is 49.7 Å². The van der Waals surface area contributed by atoms with Gasteiger partial charge < -0.3 is 14.9 Å². The molecule has 1 atom stereocenters. The van der Waals surface area contributed by atoms with Crippen molar-refractivity contribution in [1.82, 2.24) is 0 Å². The van der Waals surface area contributed by atoms with Crippen molar-refractivity contribution >= 4 is 11.6 Å². The van der Waals surface area contributed by atoms with Crippen LogP contribution >= 0.6 is 11.6 Å². The van der Waals surface area contributed by atoms with E-state index in [0.717, 1.165) is 19.1 Å². The predicted molar refractivity (Wildman–Crippen MR) is 79.6 cm³/mol. The van der Waals surface area contributed by atoms with Gasteiger partial charge in [0.05, 0.1) is 12.2 Å². The normalized spacial score (nSPS) is 14.4. The summed E-state index contributed by atoms with van der Waals surface area (Å²) in [4.78, 5) is 0. The van der Waals surface area contributed by atoms with E-state index in [0.29, 0.717) is 10.8 Å². The number of rotatable bonds is 4. The molecular weight excluding hydrogens is 333 g/mol. The van der Waals surface area contributed by atoms with Crippen molar-refractivity contribution in [3.05, 3.63) is 58.6 Å². The first-order valence-corrected chi connectivity index (χ1v) is 6.99. The summed E-state index contributed by atoms with van der Waals surface area (Å²) in [7, 11) is 0. The molecule has 1 unspecified atom stereocenters. The number of ether oxygens (including phenoxy) is 1. The third-order valence-electron chi connectivity index (χ3n) is 3.23. The van der Waals surface area contributed by atoms with E-state index < -0.39 is 29.5 Å². The van der Waals surface area contributed by atoms with Crippen molar-refractivity contribution < 1.29 is 28.1 Å². The minimum Gasteiger partial charge on any atom is -0.457 e. The Bertz CT molecular complexity index is 682. The number of aliphatic hydroxyl groups is 2. The van der Waals surface area contributed by atoms with Gasteiger partial charge in [-0.3, -0.25) is 0 Å². The third kappa shape index (κ3) is 4.16. The maximum atomic E-state index is 13.2. The molecule has 0 heterocycles. The van der Waals surface area contributed by atoms with E-state index in [1.165, 1.54) is 18.2 Å². The highest BCUT2D eigenvalue weighted by molar-refractivity contribution is 6.30. The van der Waals surface area contributed by atoms with E-state index >= 15 is 0 Å². The van der Waals surface area contributed by atoms with Crippen molar-refractivity contribution in [3.8, 4) is 11.5 Å². The smallest absolute Gasteiger partial charge is 0.416 e. The summed E-state index contributed by atoms with van der Waals surface area (Å²) in [6, 6.07) is 9.31. The number of alkyl halides is 3. The van der Waals surface area contributed by atoms with Gasteiger partial charge in [-0.15, -0.1) is 0 Å². The molecule has 2 rings (SSSR count). The molecule has 0 aliphatic heterocycles.